The van der Waals surface area contributed by atoms with E-state index in [0.717, 1.165) is 36.1 Å². The van der Waals surface area contributed by atoms with Crippen LogP contribution >= 0.6 is 0 Å². The number of allylic oxidation sites excluding steroid dienone is 1. The van der Waals surface area contributed by atoms with Crippen molar-refractivity contribution < 1.29 is 9.13 Å². The standard InChI is InChI=1S/C22H23FO/c1-3-5-6-7-22(23)20-14-10-18(11-15-20)8-9-19-12-16-21(17-13-19)24-4-2/h7,10-17H,3-6H2,1-2H3. The van der Waals surface area contributed by atoms with Gasteiger partial charge in [0.1, 0.15) is 11.6 Å². The maximum atomic E-state index is 14.0. The van der Waals surface area contributed by atoms with Crippen LogP contribution in [-0.2, 0) is 0 Å². The lowest BCUT2D eigenvalue weighted by Crippen LogP contribution is -1.90. The van der Waals surface area contributed by atoms with Gasteiger partial charge in [0.2, 0.25) is 0 Å². The maximum Gasteiger partial charge on any atom is 0.126 e. The fourth-order valence-corrected chi connectivity index (χ4v) is 2.21. The summed E-state index contributed by atoms with van der Waals surface area (Å²) in [6.07, 6.45) is 4.52. The highest BCUT2D eigenvalue weighted by atomic mass is 19.1. The third-order valence-corrected chi connectivity index (χ3v) is 3.56. The van der Waals surface area contributed by atoms with Crippen molar-refractivity contribution in [2.75, 3.05) is 6.61 Å². The number of rotatable bonds is 6. The Morgan fingerprint density at radius 2 is 1.54 bits per heavy atom. The molecule has 0 aliphatic carbocycles. The van der Waals surface area contributed by atoms with Gasteiger partial charge in [-0.1, -0.05) is 37.3 Å². The van der Waals surface area contributed by atoms with Crippen LogP contribution in [0.3, 0.4) is 0 Å². The minimum absolute atomic E-state index is 0.158. The second-order valence-corrected chi connectivity index (χ2v) is 5.48. The number of hydrogen-bond acceptors (Lipinski definition) is 1. The molecule has 24 heavy (non-hydrogen) atoms. The zero-order valence-corrected chi connectivity index (χ0v) is 14.3. The van der Waals surface area contributed by atoms with Gasteiger partial charge in [-0.25, -0.2) is 4.39 Å². The molecule has 0 heterocycles. The van der Waals surface area contributed by atoms with Crippen molar-refractivity contribution in [3.63, 3.8) is 0 Å². The summed E-state index contributed by atoms with van der Waals surface area (Å²) in [6.45, 7) is 4.71. The summed E-state index contributed by atoms with van der Waals surface area (Å²) in [7, 11) is 0. The maximum absolute atomic E-state index is 14.0. The van der Waals surface area contributed by atoms with Crippen LogP contribution in [0, 0.1) is 11.8 Å². The first-order valence-electron chi connectivity index (χ1n) is 8.44. The summed E-state index contributed by atoms with van der Waals surface area (Å²) in [6, 6.07) is 14.9. The van der Waals surface area contributed by atoms with Gasteiger partial charge in [-0.05, 0) is 62.2 Å². The fraction of sp³-hybridized carbons (Fsp3) is 0.273. The Labute approximate surface area is 144 Å². The van der Waals surface area contributed by atoms with Crippen molar-refractivity contribution in [1.82, 2.24) is 0 Å². The first-order valence-corrected chi connectivity index (χ1v) is 8.44. The van der Waals surface area contributed by atoms with Gasteiger partial charge < -0.3 is 4.74 Å². The highest BCUT2D eigenvalue weighted by Gasteiger charge is 1.99. The SMILES string of the molecule is CCCCC=C(F)c1ccc(C#Cc2ccc(OCC)cc2)cc1. The molecule has 0 N–H and O–H groups in total. The molecule has 124 valence electrons. The molecule has 0 atom stereocenters. The lowest BCUT2D eigenvalue weighted by Gasteiger charge is -2.01. The number of halogens is 1. The molecule has 2 aromatic carbocycles. The first kappa shape index (κ1) is 17.8. The predicted octanol–water partition coefficient (Wildman–Crippen LogP) is 5.99. The Morgan fingerprint density at radius 3 is 2.08 bits per heavy atom. The molecule has 0 amide bonds. The lowest BCUT2D eigenvalue weighted by molar-refractivity contribution is 0.340. The molecule has 0 aliphatic heterocycles. The van der Waals surface area contributed by atoms with Crippen LogP contribution in [0.25, 0.3) is 5.83 Å². The predicted molar refractivity (Wildman–Crippen MR) is 98.6 cm³/mol. The third kappa shape index (κ3) is 5.59. The van der Waals surface area contributed by atoms with E-state index >= 15 is 0 Å². The van der Waals surface area contributed by atoms with Crippen LogP contribution in [0.5, 0.6) is 5.75 Å². The van der Waals surface area contributed by atoms with Gasteiger partial charge in [0.05, 0.1) is 6.61 Å². The summed E-state index contributed by atoms with van der Waals surface area (Å²) in [5.74, 6) is 6.89. The smallest absolute Gasteiger partial charge is 0.126 e. The average molecular weight is 322 g/mol. The van der Waals surface area contributed by atoms with Crippen LogP contribution in [0.4, 0.5) is 4.39 Å². The van der Waals surface area contributed by atoms with E-state index in [9.17, 15) is 4.39 Å². The minimum Gasteiger partial charge on any atom is -0.494 e. The molecule has 2 aromatic rings. The van der Waals surface area contributed by atoms with Crippen molar-refractivity contribution in [3.05, 3.63) is 71.3 Å². The molecule has 0 unspecified atom stereocenters. The Morgan fingerprint density at radius 1 is 0.958 bits per heavy atom. The van der Waals surface area contributed by atoms with Crippen molar-refractivity contribution in [1.29, 1.82) is 0 Å². The summed E-state index contributed by atoms with van der Waals surface area (Å²) in [5, 5.41) is 0. The molecule has 0 bridgehead atoms. The van der Waals surface area contributed by atoms with Crippen molar-refractivity contribution in [2.45, 2.75) is 33.1 Å². The molecule has 2 heteroatoms. The van der Waals surface area contributed by atoms with Crippen LogP contribution in [0.15, 0.2) is 54.6 Å². The van der Waals surface area contributed by atoms with E-state index in [-0.39, 0.29) is 5.83 Å². The molecule has 0 radical (unpaired) electrons. The van der Waals surface area contributed by atoms with E-state index in [2.05, 4.69) is 18.8 Å². The van der Waals surface area contributed by atoms with Gasteiger partial charge >= 0.3 is 0 Å². The zero-order chi connectivity index (χ0) is 17.2. The molecule has 0 spiro atoms. The van der Waals surface area contributed by atoms with Gasteiger partial charge in [0, 0.05) is 16.7 Å². The molecule has 0 fully saturated rings. The van der Waals surface area contributed by atoms with E-state index in [1.807, 2.05) is 43.3 Å². The molecular formula is C22H23FO. The first-order chi connectivity index (χ1) is 11.7. The van der Waals surface area contributed by atoms with Gasteiger partial charge in [0.25, 0.3) is 0 Å². The van der Waals surface area contributed by atoms with Crippen molar-refractivity contribution in [2.24, 2.45) is 0 Å². The molecule has 0 saturated carbocycles. The number of hydrogen-bond donors (Lipinski definition) is 0. The van der Waals surface area contributed by atoms with E-state index in [0.29, 0.717) is 12.2 Å². The summed E-state index contributed by atoms with van der Waals surface area (Å²) < 4.78 is 19.4. The zero-order valence-electron chi connectivity index (χ0n) is 14.3. The molecule has 2 rings (SSSR count). The van der Waals surface area contributed by atoms with Crippen LogP contribution in [-0.4, -0.2) is 6.61 Å². The quantitative estimate of drug-likeness (QED) is 0.469. The van der Waals surface area contributed by atoms with E-state index < -0.39 is 0 Å². The lowest BCUT2D eigenvalue weighted by atomic mass is 10.1. The Hall–Kier alpha value is -2.53. The molecule has 0 aliphatic rings. The fourth-order valence-electron chi connectivity index (χ4n) is 2.21. The van der Waals surface area contributed by atoms with E-state index in [1.54, 1.807) is 18.2 Å². The van der Waals surface area contributed by atoms with Gasteiger partial charge in [-0.15, -0.1) is 0 Å². The topological polar surface area (TPSA) is 9.23 Å². The molecular weight excluding hydrogens is 299 g/mol. The summed E-state index contributed by atoms with van der Waals surface area (Å²) in [4.78, 5) is 0. The van der Waals surface area contributed by atoms with Crippen molar-refractivity contribution in [3.8, 4) is 17.6 Å². The largest absolute Gasteiger partial charge is 0.494 e. The summed E-state index contributed by atoms with van der Waals surface area (Å²) >= 11 is 0. The summed E-state index contributed by atoms with van der Waals surface area (Å²) in [5.41, 5.74) is 2.40. The van der Waals surface area contributed by atoms with Gasteiger partial charge in [-0.2, -0.15) is 0 Å². The normalized spacial score (nSPS) is 10.9. The number of unbranched alkanes of at least 4 members (excludes halogenated alkanes) is 2. The van der Waals surface area contributed by atoms with E-state index in [4.69, 9.17) is 4.74 Å². The second-order valence-electron chi connectivity index (χ2n) is 5.48. The second kappa shape index (κ2) is 9.57. The van der Waals surface area contributed by atoms with Gasteiger partial charge in [0.15, 0.2) is 0 Å². The Balaban J connectivity index is 2.02. The van der Waals surface area contributed by atoms with Crippen molar-refractivity contribution >= 4 is 5.83 Å². The van der Waals surface area contributed by atoms with E-state index in [1.165, 1.54) is 0 Å². The number of ether oxygens (including phenoxy) is 1. The molecule has 0 aromatic heterocycles. The van der Waals surface area contributed by atoms with Crippen LogP contribution in [0.2, 0.25) is 0 Å². The Kier molecular flexibility index (Phi) is 7.11. The molecule has 0 saturated heterocycles. The van der Waals surface area contributed by atoms with Gasteiger partial charge in [-0.3, -0.25) is 0 Å². The average Bonchev–Trinajstić information content (AvgIpc) is 2.62. The number of benzene rings is 2. The highest BCUT2D eigenvalue weighted by molar-refractivity contribution is 5.60. The van der Waals surface area contributed by atoms with Crippen LogP contribution in [0.1, 0.15) is 49.8 Å². The third-order valence-electron chi connectivity index (χ3n) is 3.56. The highest BCUT2D eigenvalue weighted by Crippen LogP contribution is 2.18. The monoisotopic (exact) mass is 322 g/mol. The minimum atomic E-state index is -0.158. The Bertz CT molecular complexity index is 715. The van der Waals surface area contributed by atoms with Crippen LogP contribution < -0.4 is 4.74 Å². The molecule has 1 nitrogen and oxygen atoms in total.